The molecule has 1 amide bonds. The van der Waals surface area contributed by atoms with Gasteiger partial charge in [-0.25, -0.2) is 0 Å². The van der Waals surface area contributed by atoms with E-state index in [4.69, 9.17) is 4.74 Å². The van der Waals surface area contributed by atoms with Gasteiger partial charge in [-0.05, 0) is 5.92 Å². The van der Waals surface area contributed by atoms with Crippen molar-refractivity contribution in [2.24, 2.45) is 5.92 Å². The van der Waals surface area contributed by atoms with Gasteiger partial charge in [0.2, 0.25) is 5.91 Å². The van der Waals surface area contributed by atoms with Crippen molar-refractivity contribution in [1.29, 1.82) is 0 Å². The molecule has 76 valence electrons. The quantitative estimate of drug-likeness (QED) is 0.666. The van der Waals surface area contributed by atoms with Crippen LogP contribution in [0, 0.1) is 5.92 Å². The molecule has 1 saturated heterocycles. The van der Waals surface area contributed by atoms with E-state index < -0.39 is 6.10 Å². The predicted octanol–water partition coefficient (Wildman–Crippen LogP) is -0.138. The van der Waals surface area contributed by atoms with Crippen LogP contribution >= 0.6 is 0 Å². The van der Waals surface area contributed by atoms with E-state index in [2.05, 4.69) is 0 Å². The smallest absolute Gasteiger partial charge is 0.225 e. The molecule has 0 aromatic carbocycles. The fourth-order valence-electron chi connectivity index (χ4n) is 1.64. The van der Waals surface area contributed by atoms with E-state index in [-0.39, 0.29) is 12.3 Å². The predicted molar refractivity (Wildman–Crippen MR) is 48.2 cm³/mol. The summed E-state index contributed by atoms with van der Waals surface area (Å²) in [4.78, 5) is 13.0. The third-order valence-corrected chi connectivity index (χ3v) is 2.18. The number of aliphatic hydroxyl groups is 1. The summed E-state index contributed by atoms with van der Waals surface area (Å²) in [7, 11) is 1.65. The highest BCUT2D eigenvalue weighted by molar-refractivity contribution is 5.78. The van der Waals surface area contributed by atoms with Crippen molar-refractivity contribution < 1.29 is 14.6 Å². The van der Waals surface area contributed by atoms with Crippen molar-refractivity contribution in [3.05, 3.63) is 0 Å². The van der Waals surface area contributed by atoms with Gasteiger partial charge in [-0.15, -0.1) is 0 Å². The molecule has 13 heavy (non-hydrogen) atoms. The van der Waals surface area contributed by atoms with Crippen LogP contribution in [0.25, 0.3) is 0 Å². The molecule has 1 N–H and O–H groups in total. The average molecular weight is 187 g/mol. The van der Waals surface area contributed by atoms with E-state index in [0.29, 0.717) is 25.6 Å². The largest absolute Gasteiger partial charge is 0.391 e. The Bertz CT molecular complexity index is 184. The second-order valence-electron chi connectivity index (χ2n) is 3.72. The molecule has 1 aliphatic heterocycles. The lowest BCUT2D eigenvalue weighted by atomic mass is 10.2. The molecular formula is C9H17NO3. The lowest BCUT2D eigenvalue weighted by Crippen LogP contribution is -2.32. The molecule has 2 unspecified atom stereocenters. The van der Waals surface area contributed by atoms with Crippen LogP contribution in [0.5, 0.6) is 0 Å². The Balaban J connectivity index is 2.32. The van der Waals surface area contributed by atoms with Crippen LogP contribution in [0.2, 0.25) is 0 Å². The van der Waals surface area contributed by atoms with Crippen molar-refractivity contribution in [2.75, 3.05) is 26.8 Å². The van der Waals surface area contributed by atoms with E-state index in [1.165, 1.54) is 0 Å². The zero-order valence-electron chi connectivity index (χ0n) is 8.19. The number of β-amino-alcohol motifs (C(OH)–C–C–N with tert-alkyl or cyclic N) is 1. The van der Waals surface area contributed by atoms with Gasteiger partial charge in [0.1, 0.15) is 0 Å². The Labute approximate surface area is 78.5 Å². The van der Waals surface area contributed by atoms with Crippen molar-refractivity contribution in [2.45, 2.75) is 19.4 Å². The number of methoxy groups -OCH3 is 1. The highest BCUT2D eigenvalue weighted by Gasteiger charge is 2.28. The minimum Gasteiger partial charge on any atom is -0.391 e. The summed E-state index contributed by atoms with van der Waals surface area (Å²) in [5, 5.41) is 9.22. The van der Waals surface area contributed by atoms with Crippen LogP contribution in [-0.4, -0.2) is 48.8 Å². The van der Waals surface area contributed by atoms with Crippen LogP contribution in [0.15, 0.2) is 0 Å². The number of rotatable bonds is 4. The number of hydrogen-bond donors (Lipinski definition) is 1. The number of likely N-dealkylation sites (tertiary alicyclic amines) is 1. The van der Waals surface area contributed by atoms with E-state index >= 15 is 0 Å². The highest BCUT2D eigenvalue weighted by atomic mass is 16.5. The first kappa shape index (κ1) is 10.5. The van der Waals surface area contributed by atoms with Crippen molar-refractivity contribution in [3.8, 4) is 0 Å². The van der Waals surface area contributed by atoms with Crippen molar-refractivity contribution in [3.63, 3.8) is 0 Å². The molecule has 0 aliphatic carbocycles. The van der Waals surface area contributed by atoms with Crippen molar-refractivity contribution in [1.82, 2.24) is 4.90 Å². The van der Waals surface area contributed by atoms with Crippen LogP contribution < -0.4 is 0 Å². The molecular weight excluding hydrogens is 170 g/mol. The maximum atomic E-state index is 11.2. The molecule has 1 aliphatic rings. The number of carbonyl (C=O) groups excluding carboxylic acids is 1. The van der Waals surface area contributed by atoms with Crippen LogP contribution in [0.3, 0.4) is 0 Å². The zero-order chi connectivity index (χ0) is 9.84. The second-order valence-corrected chi connectivity index (χ2v) is 3.72. The normalized spacial score (nSPS) is 25.3. The minimum atomic E-state index is -0.470. The zero-order valence-corrected chi connectivity index (χ0v) is 8.19. The Morgan fingerprint density at radius 3 is 2.92 bits per heavy atom. The average Bonchev–Trinajstić information content (AvgIpc) is 2.30. The summed E-state index contributed by atoms with van der Waals surface area (Å²) in [5.41, 5.74) is 0. The third kappa shape index (κ3) is 2.97. The van der Waals surface area contributed by atoms with Gasteiger partial charge in [-0.1, -0.05) is 6.92 Å². The van der Waals surface area contributed by atoms with E-state index in [1.54, 1.807) is 12.0 Å². The standard InChI is InChI=1S/C9H17NO3/c1-7(6-13-2)4-10-5-8(11)3-9(10)12/h7-8,11H,3-6H2,1-2H3. The number of carbonyl (C=O) groups is 1. The Hall–Kier alpha value is -0.610. The molecule has 1 fully saturated rings. The second kappa shape index (κ2) is 4.58. The van der Waals surface area contributed by atoms with E-state index in [0.717, 1.165) is 0 Å². The van der Waals surface area contributed by atoms with Gasteiger partial charge in [-0.2, -0.15) is 0 Å². The molecule has 0 bridgehead atoms. The first-order chi connectivity index (χ1) is 6.13. The molecule has 4 heteroatoms. The fourth-order valence-corrected chi connectivity index (χ4v) is 1.64. The van der Waals surface area contributed by atoms with Gasteiger partial charge < -0.3 is 14.7 Å². The maximum absolute atomic E-state index is 11.2. The molecule has 0 saturated carbocycles. The summed E-state index contributed by atoms with van der Waals surface area (Å²) in [6, 6.07) is 0. The van der Waals surface area contributed by atoms with Gasteiger partial charge in [-0.3, -0.25) is 4.79 Å². The van der Waals surface area contributed by atoms with Gasteiger partial charge in [0.05, 0.1) is 19.1 Å². The number of ether oxygens (including phenoxy) is 1. The van der Waals surface area contributed by atoms with E-state index in [1.807, 2.05) is 6.92 Å². The first-order valence-electron chi connectivity index (χ1n) is 4.58. The Morgan fingerprint density at radius 2 is 2.46 bits per heavy atom. The third-order valence-electron chi connectivity index (χ3n) is 2.18. The highest BCUT2D eigenvalue weighted by Crippen LogP contribution is 2.12. The molecule has 0 aromatic heterocycles. The number of nitrogens with zero attached hydrogens (tertiary/aromatic N) is 1. The van der Waals surface area contributed by atoms with Gasteiger partial charge >= 0.3 is 0 Å². The van der Waals surface area contributed by atoms with Crippen LogP contribution in [0.1, 0.15) is 13.3 Å². The minimum absolute atomic E-state index is 0.0513. The number of hydrogen-bond acceptors (Lipinski definition) is 3. The fraction of sp³-hybridized carbons (Fsp3) is 0.889. The molecule has 2 atom stereocenters. The van der Waals surface area contributed by atoms with Gasteiger partial charge in [0, 0.05) is 20.2 Å². The summed E-state index contributed by atoms with van der Waals surface area (Å²) < 4.78 is 4.98. The molecule has 0 radical (unpaired) electrons. The Morgan fingerprint density at radius 1 is 1.77 bits per heavy atom. The van der Waals surface area contributed by atoms with Crippen LogP contribution in [-0.2, 0) is 9.53 Å². The molecule has 4 nitrogen and oxygen atoms in total. The van der Waals surface area contributed by atoms with Crippen LogP contribution in [0.4, 0.5) is 0 Å². The molecule has 0 aromatic rings. The summed E-state index contributed by atoms with van der Waals surface area (Å²) >= 11 is 0. The lowest BCUT2D eigenvalue weighted by Gasteiger charge is -2.20. The Kier molecular flexibility index (Phi) is 3.69. The summed E-state index contributed by atoms with van der Waals surface area (Å²) in [6.07, 6.45) is -0.193. The summed E-state index contributed by atoms with van der Waals surface area (Å²) in [6.45, 7) is 3.85. The summed E-state index contributed by atoms with van der Waals surface area (Å²) in [5.74, 6) is 0.384. The monoisotopic (exact) mass is 187 g/mol. The van der Waals surface area contributed by atoms with Gasteiger partial charge in [0.25, 0.3) is 0 Å². The maximum Gasteiger partial charge on any atom is 0.225 e. The molecule has 1 rings (SSSR count). The SMILES string of the molecule is COCC(C)CN1CC(O)CC1=O. The number of amides is 1. The molecule has 0 spiro atoms. The lowest BCUT2D eigenvalue weighted by molar-refractivity contribution is -0.128. The van der Waals surface area contributed by atoms with Gasteiger partial charge in [0.15, 0.2) is 0 Å². The number of aliphatic hydroxyl groups excluding tert-OH is 1. The van der Waals surface area contributed by atoms with E-state index in [9.17, 15) is 9.90 Å². The first-order valence-corrected chi connectivity index (χ1v) is 4.58. The molecule has 1 heterocycles. The van der Waals surface area contributed by atoms with Crippen molar-refractivity contribution >= 4 is 5.91 Å². The topological polar surface area (TPSA) is 49.8 Å².